The van der Waals surface area contributed by atoms with E-state index in [9.17, 15) is 4.79 Å². The fraction of sp³-hybridized carbons (Fsp3) is 0.286. The molecular weight excluding hydrogens is 324 g/mol. The van der Waals surface area contributed by atoms with Gasteiger partial charge in [0.15, 0.2) is 0 Å². The zero-order valence-corrected chi connectivity index (χ0v) is 15.2. The van der Waals surface area contributed by atoms with E-state index in [1.807, 2.05) is 84.4 Å². The first-order chi connectivity index (χ1) is 12.6. The number of hydrogen-bond donors (Lipinski definition) is 0. The van der Waals surface area contributed by atoms with Crippen molar-refractivity contribution in [2.75, 3.05) is 0 Å². The minimum absolute atomic E-state index is 0.0942. The predicted molar refractivity (Wildman–Crippen MR) is 101 cm³/mol. The SMILES string of the molecule is Cc1cnn(CCC(=O)N(Cc2ccccc2)[C@@H](C)c2ccccn2)c1. The minimum Gasteiger partial charge on any atom is -0.330 e. The fourth-order valence-electron chi connectivity index (χ4n) is 2.95. The Morgan fingerprint density at radius 2 is 1.92 bits per heavy atom. The minimum atomic E-state index is -0.0942. The molecule has 3 aromatic rings. The fourth-order valence-corrected chi connectivity index (χ4v) is 2.95. The van der Waals surface area contributed by atoms with E-state index in [-0.39, 0.29) is 11.9 Å². The molecule has 0 fully saturated rings. The highest BCUT2D eigenvalue weighted by Gasteiger charge is 2.22. The quantitative estimate of drug-likeness (QED) is 0.653. The van der Waals surface area contributed by atoms with Gasteiger partial charge in [-0.05, 0) is 37.1 Å². The molecule has 1 aromatic carbocycles. The predicted octanol–water partition coefficient (Wildman–Crippen LogP) is 3.77. The molecule has 0 aliphatic rings. The molecule has 0 N–H and O–H groups in total. The molecule has 0 saturated carbocycles. The van der Waals surface area contributed by atoms with E-state index in [0.717, 1.165) is 16.8 Å². The summed E-state index contributed by atoms with van der Waals surface area (Å²) in [5, 5.41) is 4.27. The molecule has 0 unspecified atom stereocenters. The largest absolute Gasteiger partial charge is 0.330 e. The van der Waals surface area contributed by atoms with Crippen LogP contribution in [0.5, 0.6) is 0 Å². The van der Waals surface area contributed by atoms with Crippen molar-refractivity contribution in [1.29, 1.82) is 0 Å². The smallest absolute Gasteiger partial charge is 0.225 e. The van der Waals surface area contributed by atoms with Crippen molar-refractivity contribution in [2.24, 2.45) is 0 Å². The van der Waals surface area contributed by atoms with Crippen LogP contribution in [-0.4, -0.2) is 25.6 Å². The van der Waals surface area contributed by atoms with Gasteiger partial charge < -0.3 is 4.90 Å². The lowest BCUT2D eigenvalue weighted by atomic mass is 10.1. The van der Waals surface area contributed by atoms with Crippen molar-refractivity contribution in [3.63, 3.8) is 0 Å². The molecule has 0 spiro atoms. The summed E-state index contributed by atoms with van der Waals surface area (Å²) in [6.07, 6.45) is 5.94. The lowest BCUT2D eigenvalue weighted by molar-refractivity contribution is -0.134. The topological polar surface area (TPSA) is 51.0 Å². The van der Waals surface area contributed by atoms with Crippen LogP contribution in [0.4, 0.5) is 0 Å². The van der Waals surface area contributed by atoms with E-state index in [1.54, 1.807) is 6.20 Å². The molecule has 5 heteroatoms. The Labute approximate surface area is 154 Å². The Hall–Kier alpha value is -2.95. The van der Waals surface area contributed by atoms with Crippen LogP contribution in [0.2, 0.25) is 0 Å². The zero-order valence-electron chi connectivity index (χ0n) is 15.2. The third-order valence-electron chi connectivity index (χ3n) is 4.42. The standard InChI is InChI=1S/C21H24N4O/c1-17-14-23-24(15-17)13-11-21(26)25(16-19-8-4-3-5-9-19)18(2)20-10-6-7-12-22-20/h3-10,12,14-15,18H,11,13,16H2,1-2H3/t18-/m0/s1. The van der Waals surface area contributed by atoms with Crippen molar-refractivity contribution in [3.8, 4) is 0 Å². The average molecular weight is 348 g/mol. The van der Waals surface area contributed by atoms with E-state index in [1.165, 1.54) is 0 Å². The number of pyridine rings is 1. The third kappa shape index (κ3) is 4.57. The molecule has 5 nitrogen and oxygen atoms in total. The Morgan fingerprint density at radius 1 is 1.15 bits per heavy atom. The highest BCUT2D eigenvalue weighted by Crippen LogP contribution is 2.22. The summed E-state index contributed by atoms with van der Waals surface area (Å²) in [4.78, 5) is 19.3. The second-order valence-corrected chi connectivity index (χ2v) is 6.47. The van der Waals surface area contributed by atoms with E-state index in [0.29, 0.717) is 19.5 Å². The number of rotatable bonds is 7. The second kappa shape index (κ2) is 8.43. The molecule has 2 heterocycles. The molecule has 1 amide bonds. The Morgan fingerprint density at radius 3 is 2.58 bits per heavy atom. The van der Waals surface area contributed by atoms with Crippen molar-refractivity contribution >= 4 is 5.91 Å². The first kappa shape index (κ1) is 17.9. The van der Waals surface area contributed by atoms with E-state index >= 15 is 0 Å². The Kier molecular flexibility index (Phi) is 5.79. The molecule has 1 atom stereocenters. The maximum atomic E-state index is 13.0. The summed E-state index contributed by atoms with van der Waals surface area (Å²) in [5.41, 5.74) is 3.10. The van der Waals surface area contributed by atoms with E-state index < -0.39 is 0 Å². The normalized spacial score (nSPS) is 11.9. The molecule has 134 valence electrons. The van der Waals surface area contributed by atoms with Gasteiger partial charge in [0.25, 0.3) is 0 Å². The van der Waals surface area contributed by atoms with Gasteiger partial charge in [-0.1, -0.05) is 36.4 Å². The third-order valence-corrected chi connectivity index (χ3v) is 4.42. The van der Waals surface area contributed by atoms with Crippen LogP contribution in [0.3, 0.4) is 0 Å². The van der Waals surface area contributed by atoms with Gasteiger partial charge in [0.1, 0.15) is 0 Å². The number of nitrogens with zero attached hydrogens (tertiary/aromatic N) is 4. The van der Waals surface area contributed by atoms with Crippen molar-refractivity contribution < 1.29 is 4.79 Å². The number of carbonyl (C=O) groups excluding carboxylic acids is 1. The lowest BCUT2D eigenvalue weighted by Gasteiger charge is -2.29. The van der Waals surface area contributed by atoms with Crippen LogP contribution in [0.15, 0.2) is 67.1 Å². The highest BCUT2D eigenvalue weighted by molar-refractivity contribution is 5.76. The van der Waals surface area contributed by atoms with Gasteiger partial charge in [-0.3, -0.25) is 14.5 Å². The van der Waals surface area contributed by atoms with Crippen molar-refractivity contribution in [3.05, 3.63) is 83.9 Å². The first-order valence-corrected chi connectivity index (χ1v) is 8.87. The summed E-state index contributed by atoms with van der Waals surface area (Å²) < 4.78 is 1.82. The molecule has 0 saturated heterocycles. The van der Waals surface area contributed by atoms with Gasteiger partial charge in [0.05, 0.1) is 17.9 Å². The highest BCUT2D eigenvalue weighted by atomic mass is 16.2. The molecule has 2 aromatic heterocycles. The molecule has 26 heavy (non-hydrogen) atoms. The Balaban J connectivity index is 1.76. The van der Waals surface area contributed by atoms with Gasteiger partial charge >= 0.3 is 0 Å². The maximum absolute atomic E-state index is 13.0. The lowest BCUT2D eigenvalue weighted by Crippen LogP contribution is -2.34. The van der Waals surface area contributed by atoms with E-state index in [4.69, 9.17) is 0 Å². The monoisotopic (exact) mass is 348 g/mol. The number of amides is 1. The summed E-state index contributed by atoms with van der Waals surface area (Å²) in [6, 6.07) is 15.8. The molecular formula is C21H24N4O. The number of carbonyl (C=O) groups is 1. The Bertz CT molecular complexity index is 829. The zero-order chi connectivity index (χ0) is 18.4. The molecule has 0 aliphatic carbocycles. The molecule has 0 bridgehead atoms. The van der Waals surface area contributed by atoms with E-state index in [2.05, 4.69) is 10.1 Å². The summed E-state index contributed by atoms with van der Waals surface area (Å²) in [7, 11) is 0. The first-order valence-electron chi connectivity index (χ1n) is 8.87. The summed E-state index contributed by atoms with van der Waals surface area (Å²) >= 11 is 0. The number of benzene rings is 1. The van der Waals surface area contributed by atoms with Crippen molar-refractivity contribution in [1.82, 2.24) is 19.7 Å². The van der Waals surface area contributed by atoms with Crippen LogP contribution in [0.25, 0.3) is 0 Å². The maximum Gasteiger partial charge on any atom is 0.225 e. The average Bonchev–Trinajstić information content (AvgIpc) is 3.10. The molecule has 0 radical (unpaired) electrons. The van der Waals surface area contributed by atoms with Gasteiger partial charge in [-0.2, -0.15) is 5.10 Å². The van der Waals surface area contributed by atoms with Crippen LogP contribution in [0, 0.1) is 6.92 Å². The molecule has 0 aliphatic heterocycles. The summed E-state index contributed by atoms with van der Waals surface area (Å²) in [6.45, 7) is 5.17. The molecule has 3 rings (SSSR count). The van der Waals surface area contributed by atoms with Crippen molar-refractivity contribution in [2.45, 2.75) is 39.4 Å². The number of aryl methyl sites for hydroxylation is 2. The van der Waals surface area contributed by atoms with Crippen LogP contribution >= 0.6 is 0 Å². The van der Waals surface area contributed by atoms with Gasteiger partial charge in [-0.25, -0.2) is 0 Å². The van der Waals surface area contributed by atoms with Crippen LogP contribution in [-0.2, 0) is 17.9 Å². The number of hydrogen-bond acceptors (Lipinski definition) is 3. The van der Waals surface area contributed by atoms with Gasteiger partial charge in [0.2, 0.25) is 5.91 Å². The van der Waals surface area contributed by atoms with Gasteiger partial charge in [0, 0.05) is 31.9 Å². The number of aromatic nitrogens is 3. The summed E-state index contributed by atoms with van der Waals surface area (Å²) in [5.74, 6) is 0.0974. The van der Waals surface area contributed by atoms with Gasteiger partial charge in [-0.15, -0.1) is 0 Å². The van der Waals surface area contributed by atoms with Crippen LogP contribution < -0.4 is 0 Å². The second-order valence-electron chi connectivity index (χ2n) is 6.47. The van der Waals surface area contributed by atoms with Crippen LogP contribution in [0.1, 0.15) is 36.2 Å².